The molecule has 6 heteroatoms. The van der Waals surface area contributed by atoms with Crippen LogP contribution in [0.1, 0.15) is 15.2 Å². The Kier molecular flexibility index (Phi) is 3.74. The summed E-state index contributed by atoms with van der Waals surface area (Å²) in [4.78, 5) is 22.4. The van der Waals surface area contributed by atoms with Gasteiger partial charge in [0, 0.05) is 28.9 Å². The van der Waals surface area contributed by atoms with Crippen LogP contribution in [0.4, 0.5) is 10.1 Å². The Morgan fingerprint density at radius 1 is 1.00 bits per heavy atom. The van der Waals surface area contributed by atoms with E-state index in [2.05, 4.69) is 9.97 Å². The van der Waals surface area contributed by atoms with E-state index in [0.717, 1.165) is 16.6 Å². The Balaban J connectivity index is 1.79. The monoisotopic (exact) mass is 349 g/mol. The molecule has 0 atom stereocenters. The van der Waals surface area contributed by atoms with Crippen molar-refractivity contribution in [1.29, 1.82) is 0 Å². The third-order valence-corrected chi connectivity index (χ3v) is 5.00. The maximum absolute atomic E-state index is 13.1. The normalized spacial score (nSPS) is 10.9. The number of nitrogens with two attached hydrogens (primary N) is 1. The number of carbonyl (C=O) groups is 1. The van der Waals surface area contributed by atoms with Gasteiger partial charge in [-0.2, -0.15) is 0 Å². The van der Waals surface area contributed by atoms with E-state index in [1.54, 1.807) is 12.4 Å². The number of nitrogens with zero attached hydrogens (tertiary/aromatic N) is 2. The van der Waals surface area contributed by atoms with Crippen LogP contribution in [0.15, 0.2) is 60.9 Å². The Hall–Kier alpha value is -3.12. The first-order chi connectivity index (χ1) is 12.1. The zero-order chi connectivity index (χ0) is 17.4. The molecular weight excluding hydrogens is 337 g/mol. The van der Waals surface area contributed by atoms with Gasteiger partial charge in [-0.15, -0.1) is 11.3 Å². The quantitative estimate of drug-likeness (QED) is 0.560. The van der Waals surface area contributed by atoms with Crippen molar-refractivity contribution >= 4 is 33.0 Å². The third kappa shape index (κ3) is 2.77. The molecule has 0 amide bonds. The van der Waals surface area contributed by atoms with Gasteiger partial charge >= 0.3 is 0 Å². The number of anilines is 1. The Labute approximate surface area is 146 Å². The molecule has 0 aliphatic rings. The minimum Gasteiger partial charge on any atom is -0.397 e. The lowest BCUT2D eigenvalue weighted by Gasteiger charge is -2.00. The summed E-state index contributed by atoms with van der Waals surface area (Å²) in [6.07, 6.45) is 3.40. The van der Waals surface area contributed by atoms with Gasteiger partial charge in [-0.05, 0) is 48.5 Å². The number of pyridine rings is 2. The van der Waals surface area contributed by atoms with E-state index in [0.29, 0.717) is 21.0 Å². The molecule has 0 saturated carbocycles. The van der Waals surface area contributed by atoms with Crippen LogP contribution in [-0.4, -0.2) is 15.8 Å². The lowest BCUT2D eigenvalue weighted by molar-refractivity contribution is 0.104. The molecule has 0 aliphatic heterocycles. The average Bonchev–Trinajstić information content (AvgIpc) is 2.98. The molecule has 0 aliphatic carbocycles. The highest BCUT2D eigenvalue weighted by atomic mass is 32.1. The minimum absolute atomic E-state index is 0.231. The molecule has 122 valence electrons. The fourth-order valence-electron chi connectivity index (χ4n) is 2.58. The second kappa shape index (κ2) is 6.07. The summed E-state index contributed by atoms with van der Waals surface area (Å²) in [5.74, 6) is -0.615. The van der Waals surface area contributed by atoms with Crippen molar-refractivity contribution in [3.05, 3.63) is 77.2 Å². The molecule has 3 aromatic heterocycles. The number of nitrogen functional groups attached to an aromatic ring is 1. The smallest absolute Gasteiger partial charge is 0.205 e. The maximum atomic E-state index is 13.1. The Morgan fingerprint density at radius 3 is 2.44 bits per heavy atom. The topological polar surface area (TPSA) is 68.9 Å². The van der Waals surface area contributed by atoms with E-state index >= 15 is 0 Å². The highest BCUT2D eigenvalue weighted by molar-refractivity contribution is 7.21. The van der Waals surface area contributed by atoms with Crippen molar-refractivity contribution in [2.75, 3.05) is 5.73 Å². The molecule has 3 heterocycles. The number of ketones is 1. The first-order valence-corrected chi connectivity index (χ1v) is 8.35. The summed E-state index contributed by atoms with van der Waals surface area (Å²) in [7, 11) is 0. The van der Waals surface area contributed by atoms with Crippen LogP contribution in [0.3, 0.4) is 0 Å². The molecule has 0 fully saturated rings. The molecule has 4 aromatic rings. The molecule has 0 unspecified atom stereocenters. The second-order valence-corrected chi connectivity index (χ2v) is 6.47. The van der Waals surface area contributed by atoms with E-state index in [4.69, 9.17) is 5.73 Å². The molecule has 0 radical (unpaired) electrons. The van der Waals surface area contributed by atoms with Crippen LogP contribution >= 0.6 is 11.3 Å². The van der Waals surface area contributed by atoms with Crippen molar-refractivity contribution in [2.24, 2.45) is 0 Å². The molecule has 25 heavy (non-hydrogen) atoms. The molecule has 1 aromatic carbocycles. The van der Waals surface area contributed by atoms with Crippen molar-refractivity contribution in [3.63, 3.8) is 0 Å². The van der Waals surface area contributed by atoms with E-state index in [-0.39, 0.29) is 11.6 Å². The summed E-state index contributed by atoms with van der Waals surface area (Å²) in [5.41, 5.74) is 8.69. The maximum Gasteiger partial charge on any atom is 0.205 e. The van der Waals surface area contributed by atoms with Crippen molar-refractivity contribution in [1.82, 2.24) is 9.97 Å². The minimum atomic E-state index is -0.385. The van der Waals surface area contributed by atoms with Gasteiger partial charge in [0.2, 0.25) is 5.78 Å². The van der Waals surface area contributed by atoms with Gasteiger partial charge in [0.15, 0.2) is 0 Å². The van der Waals surface area contributed by atoms with E-state index < -0.39 is 0 Å². The van der Waals surface area contributed by atoms with E-state index in [1.807, 2.05) is 24.3 Å². The van der Waals surface area contributed by atoms with Crippen LogP contribution in [0.2, 0.25) is 0 Å². The molecular formula is C19H12FN3OS. The van der Waals surface area contributed by atoms with Gasteiger partial charge in [-0.1, -0.05) is 0 Å². The molecule has 0 spiro atoms. The predicted molar refractivity (Wildman–Crippen MR) is 97.1 cm³/mol. The number of thiophene rings is 1. The average molecular weight is 349 g/mol. The highest BCUT2D eigenvalue weighted by Crippen LogP contribution is 2.35. The summed E-state index contributed by atoms with van der Waals surface area (Å²) in [6, 6.07) is 12.9. The lowest BCUT2D eigenvalue weighted by Crippen LogP contribution is -2.01. The largest absolute Gasteiger partial charge is 0.397 e. The zero-order valence-corrected chi connectivity index (χ0v) is 13.8. The van der Waals surface area contributed by atoms with Gasteiger partial charge in [-0.3, -0.25) is 9.78 Å². The van der Waals surface area contributed by atoms with Crippen LogP contribution in [0.5, 0.6) is 0 Å². The number of fused-ring (bicyclic) bond motifs is 1. The first-order valence-electron chi connectivity index (χ1n) is 7.53. The summed E-state index contributed by atoms with van der Waals surface area (Å²) in [6.45, 7) is 0. The predicted octanol–water partition coefficient (Wildman–Crippen LogP) is 4.31. The van der Waals surface area contributed by atoms with Crippen LogP contribution in [-0.2, 0) is 0 Å². The summed E-state index contributed by atoms with van der Waals surface area (Å²) in [5, 5.41) is 0.744. The lowest BCUT2D eigenvalue weighted by atomic mass is 10.1. The standard InChI is InChI=1S/C19H12FN3OS/c20-13-3-1-12(2-4-13)17(24)18-16(21)14-5-6-15(23-19(14)25-18)11-7-9-22-10-8-11/h1-10H,21H2. The number of carbonyl (C=O) groups excluding carboxylic acids is 1. The van der Waals surface area contributed by atoms with Gasteiger partial charge in [0.1, 0.15) is 15.5 Å². The fourth-order valence-corrected chi connectivity index (χ4v) is 3.64. The number of aromatic nitrogens is 2. The van der Waals surface area contributed by atoms with Crippen molar-refractivity contribution in [2.45, 2.75) is 0 Å². The number of rotatable bonds is 3. The van der Waals surface area contributed by atoms with Crippen LogP contribution in [0.25, 0.3) is 21.5 Å². The molecule has 4 rings (SSSR count). The van der Waals surface area contributed by atoms with Crippen molar-refractivity contribution in [3.8, 4) is 11.3 Å². The van der Waals surface area contributed by atoms with Gasteiger partial charge in [0.05, 0.1) is 11.4 Å². The third-order valence-electron chi connectivity index (χ3n) is 3.88. The zero-order valence-electron chi connectivity index (χ0n) is 12.9. The number of hydrogen-bond acceptors (Lipinski definition) is 5. The fraction of sp³-hybridized carbons (Fsp3) is 0. The molecule has 4 nitrogen and oxygen atoms in total. The molecule has 2 N–H and O–H groups in total. The van der Waals surface area contributed by atoms with E-state index in [1.165, 1.54) is 35.6 Å². The van der Waals surface area contributed by atoms with E-state index in [9.17, 15) is 9.18 Å². The molecule has 0 saturated heterocycles. The van der Waals surface area contributed by atoms with Gasteiger partial charge < -0.3 is 5.73 Å². The van der Waals surface area contributed by atoms with Gasteiger partial charge in [0.25, 0.3) is 0 Å². The molecule has 0 bridgehead atoms. The van der Waals surface area contributed by atoms with Crippen molar-refractivity contribution < 1.29 is 9.18 Å². The Morgan fingerprint density at radius 2 is 1.72 bits per heavy atom. The van der Waals surface area contributed by atoms with Crippen LogP contribution in [0, 0.1) is 5.82 Å². The Bertz CT molecular complexity index is 1080. The van der Waals surface area contributed by atoms with Crippen LogP contribution < -0.4 is 5.73 Å². The summed E-state index contributed by atoms with van der Waals surface area (Å²) >= 11 is 1.24. The second-order valence-electron chi connectivity index (χ2n) is 5.47. The first kappa shape index (κ1) is 15.4. The SMILES string of the molecule is Nc1c(C(=O)c2ccc(F)cc2)sc2nc(-c3ccncc3)ccc12. The summed E-state index contributed by atoms with van der Waals surface area (Å²) < 4.78 is 13.1. The highest BCUT2D eigenvalue weighted by Gasteiger charge is 2.19. The van der Waals surface area contributed by atoms with Gasteiger partial charge in [-0.25, -0.2) is 9.37 Å². The number of benzene rings is 1. The number of hydrogen-bond donors (Lipinski definition) is 1. The number of halogens is 1.